The topological polar surface area (TPSA) is 75.9 Å². The summed E-state index contributed by atoms with van der Waals surface area (Å²) in [7, 11) is 3.10. The van der Waals surface area contributed by atoms with Crippen LogP contribution in [-0.2, 0) is 6.54 Å². The van der Waals surface area contributed by atoms with Crippen LogP contribution in [0.2, 0.25) is 5.02 Å². The van der Waals surface area contributed by atoms with Crippen LogP contribution in [0.25, 0.3) is 22.6 Å². The van der Waals surface area contributed by atoms with Crippen LogP contribution in [0, 0.1) is 0 Å². The lowest BCUT2D eigenvalue weighted by Crippen LogP contribution is -3.11. The van der Waals surface area contributed by atoms with Crippen molar-refractivity contribution in [3.05, 3.63) is 63.8 Å². The number of likely N-dealkylation sites (N-methyl/N-ethyl adjacent to an activating group) is 1. The van der Waals surface area contributed by atoms with Crippen LogP contribution >= 0.6 is 11.6 Å². The molecular weight excluding hydrogens is 416 g/mol. The number of carboxylic acids is 1. The second-order valence-corrected chi connectivity index (χ2v) is 7.89. The Balaban J connectivity index is 1.96. The number of rotatable bonds is 5. The number of halogens is 1. The van der Waals surface area contributed by atoms with E-state index in [1.807, 2.05) is 30.3 Å². The van der Waals surface area contributed by atoms with Gasteiger partial charge in [0.1, 0.15) is 13.1 Å². The van der Waals surface area contributed by atoms with Crippen molar-refractivity contribution < 1.29 is 24.3 Å². The summed E-state index contributed by atoms with van der Waals surface area (Å²) in [5.41, 5.74) is 4.03. The maximum atomic E-state index is 12.1. The molecule has 2 heterocycles. The Bertz CT molecular complexity index is 1210. The van der Waals surface area contributed by atoms with Crippen molar-refractivity contribution in [1.29, 1.82) is 0 Å². The maximum Gasteiger partial charge on any atom is 0.179 e. The monoisotopic (exact) mass is 438 g/mol. The first-order valence-corrected chi connectivity index (χ1v) is 10.4. The Labute approximate surface area is 185 Å². The molecule has 1 aromatic heterocycles. The molecule has 1 unspecified atom stereocenters. The summed E-state index contributed by atoms with van der Waals surface area (Å²) in [5, 5.41) is 13.2. The predicted octanol–water partition coefficient (Wildman–Crippen LogP) is 2.23. The van der Waals surface area contributed by atoms with Crippen LogP contribution in [0.3, 0.4) is 0 Å². The molecule has 0 fully saturated rings. The molecule has 1 aliphatic heterocycles. The molecule has 0 radical (unpaired) electrons. The lowest BCUT2D eigenvalue weighted by atomic mass is 9.92. The lowest BCUT2D eigenvalue weighted by molar-refractivity contribution is -0.905. The number of aromatic carboxylic acids is 1. The molecule has 1 atom stereocenters. The highest BCUT2D eigenvalue weighted by atomic mass is 35.5. The Hall–Kier alpha value is -3.09. The Morgan fingerprint density at radius 1 is 1.23 bits per heavy atom. The largest absolute Gasteiger partial charge is 0.545 e. The minimum atomic E-state index is -1.18. The van der Waals surface area contributed by atoms with Crippen LogP contribution in [0.1, 0.15) is 34.1 Å². The zero-order valence-electron chi connectivity index (χ0n) is 17.6. The molecule has 2 aromatic carbocycles. The molecule has 31 heavy (non-hydrogen) atoms. The molecule has 0 spiro atoms. The number of carbonyl (C=O) groups is 1. The minimum absolute atomic E-state index is 0.225. The number of nitrogens with one attached hydrogen (secondary N) is 1. The summed E-state index contributed by atoms with van der Waals surface area (Å²) in [5.74, 6) is -0.181. The van der Waals surface area contributed by atoms with Gasteiger partial charge < -0.3 is 24.3 Å². The number of fused-ring (bicyclic) bond motifs is 2. The first-order chi connectivity index (χ1) is 15.0. The number of aromatic nitrogens is 1. The number of nitrogens with zero attached hydrogens (tertiary/aromatic N) is 1. The SMILES string of the molecule is CC[NH+]1C/C(=C\c2cc(Cl)c(OC)c(OC)c2)c2nc3ccccc3c(C(=O)[O-])c2C1. The van der Waals surface area contributed by atoms with E-state index in [0.717, 1.165) is 17.7 Å². The van der Waals surface area contributed by atoms with Crippen LogP contribution in [0.5, 0.6) is 11.5 Å². The van der Waals surface area contributed by atoms with Gasteiger partial charge >= 0.3 is 0 Å². The Kier molecular flexibility index (Phi) is 5.85. The summed E-state index contributed by atoms with van der Waals surface area (Å²) < 4.78 is 10.7. The molecule has 4 rings (SSSR count). The quantitative estimate of drug-likeness (QED) is 0.661. The van der Waals surface area contributed by atoms with E-state index >= 15 is 0 Å². The van der Waals surface area contributed by atoms with E-state index in [4.69, 9.17) is 26.1 Å². The zero-order chi connectivity index (χ0) is 22.1. The van der Waals surface area contributed by atoms with Crippen molar-refractivity contribution in [3.63, 3.8) is 0 Å². The third kappa shape index (κ3) is 3.84. The van der Waals surface area contributed by atoms with Crippen LogP contribution in [0.4, 0.5) is 0 Å². The average molecular weight is 439 g/mol. The number of benzene rings is 2. The van der Waals surface area contributed by atoms with E-state index in [-0.39, 0.29) is 5.56 Å². The van der Waals surface area contributed by atoms with Crippen molar-refractivity contribution in [2.45, 2.75) is 13.5 Å². The number of hydrogen-bond donors (Lipinski definition) is 1. The Morgan fingerprint density at radius 2 is 2.00 bits per heavy atom. The summed E-state index contributed by atoms with van der Waals surface area (Å²) in [6.45, 7) is 4.23. The minimum Gasteiger partial charge on any atom is -0.545 e. The lowest BCUT2D eigenvalue weighted by Gasteiger charge is -2.29. The van der Waals surface area contributed by atoms with Gasteiger partial charge in [0.25, 0.3) is 0 Å². The van der Waals surface area contributed by atoms with Crippen molar-refractivity contribution in [2.75, 3.05) is 27.3 Å². The zero-order valence-corrected chi connectivity index (χ0v) is 18.4. The van der Waals surface area contributed by atoms with Gasteiger partial charge in [-0.2, -0.15) is 0 Å². The number of carbonyl (C=O) groups excluding carboxylic acids is 1. The number of para-hydroxylation sites is 1. The maximum absolute atomic E-state index is 12.1. The van der Waals surface area contributed by atoms with Gasteiger partial charge in [-0.3, -0.25) is 0 Å². The molecule has 0 bridgehead atoms. The van der Waals surface area contributed by atoms with Gasteiger partial charge in [-0.1, -0.05) is 29.8 Å². The normalized spacial score (nSPS) is 16.9. The Morgan fingerprint density at radius 3 is 2.68 bits per heavy atom. The molecular formula is C24H23ClN2O4. The number of methoxy groups -OCH3 is 2. The number of quaternary nitrogens is 1. The highest BCUT2D eigenvalue weighted by Gasteiger charge is 2.28. The van der Waals surface area contributed by atoms with Crippen molar-refractivity contribution in [3.8, 4) is 11.5 Å². The highest BCUT2D eigenvalue weighted by Crippen LogP contribution is 2.37. The van der Waals surface area contributed by atoms with Gasteiger partial charge in [-0.05, 0) is 36.8 Å². The summed E-state index contributed by atoms with van der Waals surface area (Å²) in [4.78, 5) is 18.2. The van der Waals surface area contributed by atoms with E-state index in [0.29, 0.717) is 51.8 Å². The fourth-order valence-corrected chi connectivity index (χ4v) is 4.48. The van der Waals surface area contributed by atoms with Crippen LogP contribution in [-0.4, -0.2) is 38.3 Å². The van der Waals surface area contributed by atoms with Gasteiger partial charge in [0.15, 0.2) is 11.5 Å². The smallest absolute Gasteiger partial charge is 0.179 e. The van der Waals surface area contributed by atoms with Crippen molar-refractivity contribution in [1.82, 2.24) is 4.98 Å². The predicted molar refractivity (Wildman–Crippen MR) is 119 cm³/mol. The van der Waals surface area contributed by atoms with Crippen molar-refractivity contribution >= 4 is 40.1 Å². The van der Waals surface area contributed by atoms with Crippen molar-refractivity contribution in [2.24, 2.45) is 0 Å². The molecule has 7 heteroatoms. The summed E-state index contributed by atoms with van der Waals surface area (Å²) in [6, 6.07) is 10.9. The average Bonchev–Trinajstić information content (AvgIpc) is 2.76. The fraction of sp³-hybridized carbons (Fsp3) is 0.250. The van der Waals surface area contributed by atoms with Gasteiger partial charge in [0.05, 0.1) is 43.0 Å². The molecule has 1 aliphatic rings. The standard InChI is InChI=1S/C24H23ClN2O4/c1-4-27-12-15(9-14-10-18(25)23(31-3)20(11-14)30-2)22-17(13-27)21(24(28)29)16-7-5-6-8-19(16)26-22/h5-11H,4,12-13H2,1-3H3,(H,28,29)/b15-9+. The van der Waals surface area contributed by atoms with Crippen LogP contribution in [0.15, 0.2) is 36.4 Å². The second-order valence-electron chi connectivity index (χ2n) is 7.48. The van der Waals surface area contributed by atoms with Gasteiger partial charge in [0, 0.05) is 22.1 Å². The van der Waals surface area contributed by atoms with E-state index in [1.54, 1.807) is 19.2 Å². The third-order valence-electron chi connectivity index (χ3n) is 5.67. The highest BCUT2D eigenvalue weighted by molar-refractivity contribution is 6.32. The van der Waals surface area contributed by atoms with Crippen LogP contribution < -0.4 is 19.5 Å². The molecule has 3 aromatic rings. The molecule has 0 saturated heterocycles. The molecule has 0 aliphatic carbocycles. The van der Waals surface area contributed by atoms with E-state index in [9.17, 15) is 9.90 Å². The van der Waals surface area contributed by atoms with E-state index in [1.165, 1.54) is 12.0 Å². The summed E-state index contributed by atoms with van der Waals surface area (Å²) >= 11 is 6.39. The first-order valence-electron chi connectivity index (χ1n) is 10.1. The van der Waals surface area contributed by atoms with Gasteiger partial charge in [0.2, 0.25) is 0 Å². The fourth-order valence-electron chi connectivity index (χ4n) is 4.18. The molecule has 0 amide bonds. The third-order valence-corrected chi connectivity index (χ3v) is 5.95. The van der Waals surface area contributed by atoms with Gasteiger partial charge in [-0.15, -0.1) is 0 Å². The number of pyridine rings is 1. The number of hydrogen-bond acceptors (Lipinski definition) is 5. The van der Waals surface area contributed by atoms with E-state index in [2.05, 4.69) is 6.92 Å². The molecule has 0 saturated carbocycles. The van der Waals surface area contributed by atoms with E-state index < -0.39 is 5.97 Å². The van der Waals surface area contributed by atoms with Gasteiger partial charge in [-0.25, -0.2) is 4.98 Å². The second kappa shape index (κ2) is 8.57. The number of carboxylic acid groups (broad SMARTS) is 1. The molecule has 1 N–H and O–H groups in total. The molecule has 6 nitrogen and oxygen atoms in total. The first kappa shape index (κ1) is 21.2. The number of ether oxygens (including phenoxy) is 2. The molecule has 160 valence electrons. The summed E-state index contributed by atoms with van der Waals surface area (Å²) in [6.07, 6.45) is 1.99.